The van der Waals surface area contributed by atoms with E-state index < -0.39 is 12.0 Å². The molecule has 0 aliphatic heterocycles. The van der Waals surface area contributed by atoms with Gasteiger partial charge in [0.1, 0.15) is 6.92 Å². The highest BCUT2D eigenvalue weighted by molar-refractivity contribution is 5.80. The normalized spacial score (nSPS) is 12.9. The number of aliphatic hydroxyl groups excluding tert-OH is 1. The molecule has 0 aliphatic rings. The molecule has 0 unspecified atom stereocenters. The molecule has 1 amide bonds. The van der Waals surface area contributed by atoms with Crippen molar-refractivity contribution in [1.29, 1.82) is 0 Å². The van der Waals surface area contributed by atoms with Crippen LogP contribution in [0.1, 0.15) is 0 Å². The molecule has 0 bridgehead atoms. The number of hydrogen-bond acceptors (Lipinski definition) is 2. The first-order valence-electron chi connectivity index (χ1n) is 1.91. The first-order chi connectivity index (χ1) is 3.18. The molecule has 0 radical (unpaired) electrons. The highest BCUT2D eigenvalue weighted by atomic mass is 16.3. The Hall–Kier alpha value is -0.700. The standard InChI is InChI=1S/C4H7NO2/c1-3(6)4(7)5-2/h3,6H,1H2,2H3/p+1/t3-/m1/s1. The van der Waals surface area contributed by atoms with E-state index in [-0.39, 0.29) is 0 Å². The lowest BCUT2D eigenvalue weighted by molar-refractivity contribution is -0.126. The van der Waals surface area contributed by atoms with Crippen LogP contribution in [0.25, 0.3) is 0 Å². The van der Waals surface area contributed by atoms with Crippen molar-refractivity contribution in [2.75, 3.05) is 7.05 Å². The van der Waals surface area contributed by atoms with Crippen LogP contribution in [0.5, 0.6) is 0 Å². The van der Waals surface area contributed by atoms with E-state index >= 15 is 0 Å². The summed E-state index contributed by atoms with van der Waals surface area (Å²) in [5, 5.41) is 10.5. The Bertz CT molecular complexity index is 70.1. The zero-order chi connectivity index (χ0) is 5.86. The predicted molar refractivity (Wildman–Crippen MR) is 25.4 cm³/mol. The maximum atomic E-state index is 10.1. The Morgan fingerprint density at radius 3 is 2.43 bits per heavy atom. The second-order valence-corrected chi connectivity index (χ2v) is 1.13. The average Bonchev–Trinajstić information content (AvgIpc) is 1.65. The van der Waals surface area contributed by atoms with E-state index in [0.717, 1.165) is 0 Å². The van der Waals surface area contributed by atoms with Gasteiger partial charge in [-0.1, -0.05) is 0 Å². The van der Waals surface area contributed by atoms with Gasteiger partial charge in [-0.2, -0.15) is 0 Å². The molecule has 0 rings (SSSR count). The van der Waals surface area contributed by atoms with Gasteiger partial charge in [0, 0.05) is 7.05 Å². The molecule has 0 fully saturated rings. The minimum Gasteiger partial charge on any atom is -0.353 e. The summed E-state index contributed by atoms with van der Waals surface area (Å²) in [5.74, 6) is -0.458. The maximum Gasteiger partial charge on any atom is 0.295 e. The van der Waals surface area contributed by atoms with Crippen LogP contribution in [-0.4, -0.2) is 24.2 Å². The third kappa shape index (κ3) is 2.05. The summed E-state index contributed by atoms with van der Waals surface area (Å²) in [6, 6.07) is 0. The molecule has 0 aliphatic carbocycles. The molecule has 40 valence electrons. The molecule has 3 nitrogen and oxygen atoms in total. The van der Waals surface area contributed by atoms with Crippen LogP contribution >= 0.6 is 0 Å². The van der Waals surface area contributed by atoms with Gasteiger partial charge in [-0.3, -0.25) is 4.79 Å². The largest absolute Gasteiger partial charge is 0.353 e. The molecule has 1 atom stereocenters. The van der Waals surface area contributed by atoms with Crippen LogP contribution in [0.3, 0.4) is 0 Å². The summed E-state index contributed by atoms with van der Waals surface area (Å²) in [7, 11) is 1.44. The Morgan fingerprint density at radius 2 is 2.43 bits per heavy atom. The molecule has 0 aromatic carbocycles. The quantitative estimate of drug-likeness (QED) is 0.414. The molecular formula is C4H8NO2+. The van der Waals surface area contributed by atoms with Crippen LogP contribution in [0.4, 0.5) is 0 Å². The van der Waals surface area contributed by atoms with E-state index in [1.165, 1.54) is 7.05 Å². The highest BCUT2D eigenvalue weighted by Gasteiger charge is 2.10. The van der Waals surface area contributed by atoms with Crippen LogP contribution in [-0.2, 0) is 4.79 Å². The van der Waals surface area contributed by atoms with Gasteiger partial charge in [0.25, 0.3) is 12.0 Å². The van der Waals surface area contributed by atoms with E-state index in [9.17, 15) is 4.79 Å². The van der Waals surface area contributed by atoms with Crippen LogP contribution in [0.2, 0.25) is 0 Å². The number of amides is 1. The van der Waals surface area contributed by atoms with E-state index in [1.54, 1.807) is 0 Å². The Morgan fingerprint density at radius 1 is 2.00 bits per heavy atom. The molecule has 0 aromatic heterocycles. The lowest BCUT2D eigenvalue weighted by Crippen LogP contribution is -2.29. The highest BCUT2D eigenvalue weighted by Crippen LogP contribution is 1.73. The van der Waals surface area contributed by atoms with Crippen LogP contribution in [0.15, 0.2) is 0 Å². The number of aliphatic hydroxyl groups is 1. The van der Waals surface area contributed by atoms with Crippen molar-refractivity contribution >= 4 is 5.91 Å². The lowest BCUT2D eigenvalue weighted by atomic mass is 10.4. The fourth-order valence-electron chi connectivity index (χ4n) is 0.167. The Labute approximate surface area is 42.3 Å². The van der Waals surface area contributed by atoms with E-state index in [0.29, 0.717) is 0 Å². The van der Waals surface area contributed by atoms with E-state index in [4.69, 9.17) is 5.11 Å². The summed E-state index contributed by atoms with van der Waals surface area (Å²) < 4.78 is 0. The number of carbonyl (C=O) groups excluding carboxylic acids is 1. The first kappa shape index (κ1) is 6.30. The number of hydrogen-bond donors (Lipinski definition) is 2. The van der Waals surface area contributed by atoms with Crippen molar-refractivity contribution in [3.8, 4) is 0 Å². The van der Waals surface area contributed by atoms with Crippen molar-refractivity contribution in [3.05, 3.63) is 6.92 Å². The summed E-state index contributed by atoms with van der Waals surface area (Å²) in [4.78, 5) is 10.1. The van der Waals surface area contributed by atoms with Crippen molar-refractivity contribution in [2.24, 2.45) is 0 Å². The van der Waals surface area contributed by atoms with E-state index in [1.807, 2.05) is 0 Å². The molecule has 0 saturated carbocycles. The average molecular weight is 102 g/mol. The zero-order valence-corrected chi connectivity index (χ0v) is 4.14. The summed E-state index contributed by atoms with van der Waals surface area (Å²) in [6.07, 6.45) is -1.13. The monoisotopic (exact) mass is 102 g/mol. The van der Waals surface area contributed by atoms with Gasteiger partial charge in [0.15, 0.2) is 0 Å². The maximum absolute atomic E-state index is 10.1. The molecule has 2 N–H and O–H groups in total. The van der Waals surface area contributed by atoms with Gasteiger partial charge in [0.2, 0.25) is 0 Å². The van der Waals surface area contributed by atoms with Gasteiger partial charge < -0.3 is 10.4 Å². The SMILES string of the molecule is [CH2+][C@@H](O)C(=O)NC. The third-order valence-corrected chi connectivity index (χ3v) is 0.549. The van der Waals surface area contributed by atoms with Crippen LogP contribution < -0.4 is 5.32 Å². The van der Waals surface area contributed by atoms with Crippen LogP contribution in [0, 0.1) is 6.92 Å². The molecule has 0 aromatic rings. The van der Waals surface area contributed by atoms with Crippen molar-refractivity contribution < 1.29 is 9.90 Å². The second kappa shape index (κ2) is 2.47. The number of likely N-dealkylation sites (N-methyl/N-ethyl adjacent to an activating group) is 1. The Balaban J connectivity index is 3.35. The van der Waals surface area contributed by atoms with Gasteiger partial charge in [-0.05, 0) is 0 Å². The lowest BCUT2D eigenvalue weighted by Gasteiger charge is -1.91. The van der Waals surface area contributed by atoms with Crippen molar-refractivity contribution in [2.45, 2.75) is 6.10 Å². The number of rotatable bonds is 1. The first-order valence-corrected chi connectivity index (χ1v) is 1.91. The zero-order valence-electron chi connectivity index (χ0n) is 4.14. The molecular weight excluding hydrogens is 94.0 g/mol. The molecule has 0 saturated heterocycles. The molecule has 0 heterocycles. The van der Waals surface area contributed by atoms with Gasteiger partial charge >= 0.3 is 0 Å². The van der Waals surface area contributed by atoms with Gasteiger partial charge in [0.05, 0.1) is 0 Å². The van der Waals surface area contributed by atoms with Gasteiger partial charge in [-0.15, -0.1) is 0 Å². The number of carbonyl (C=O) groups is 1. The van der Waals surface area contributed by atoms with Crippen molar-refractivity contribution in [1.82, 2.24) is 5.32 Å². The molecule has 7 heavy (non-hydrogen) atoms. The predicted octanol–water partition coefficient (Wildman–Crippen LogP) is -1.07. The molecule has 0 spiro atoms. The minimum atomic E-state index is -1.13. The topological polar surface area (TPSA) is 49.3 Å². The summed E-state index contributed by atoms with van der Waals surface area (Å²) in [5.41, 5.74) is 0. The van der Waals surface area contributed by atoms with Gasteiger partial charge in [-0.25, -0.2) is 0 Å². The Kier molecular flexibility index (Phi) is 2.22. The van der Waals surface area contributed by atoms with E-state index in [2.05, 4.69) is 12.2 Å². The van der Waals surface area contributed by atoms with Crippen molar-refractivity contribution in [3.63, 3.8) is 0 Å². The smallest absolute Gasteiger partial charge is 0.295 e. The third-order valence-electron chi connectivity index (χ3n) is 0.549. The number of nitrogens with one attached hydrogen (secondary N) is 1. The minimum absolute atomic E-state index is 0.458. The fourth-order valence-corrected chi connectivity index (χ4v) is 0.167. The second-order valence-electron chi connectivity index (χ2n) is 1.13. The summed E-state index contributed by atoms with van der Waals surface area (Å²) >= 11 is 0. The fraction of sp³-hybridized carbons (Fsp3) is 0.500. The summed E-state index contributed by atoms with van der Waals surface area (Å²) in [6.45, 7) is 3.05. The molecule has 3 heteroatoms.